The maximum atomic E-state index is 11.3. The van der Waals surface area contributed by atoms with Crippen LogP contribution >= 0.6 is 0 Å². The van der Waals surface area contributed by atoms with Crippen LogP contribution in [0.3, 0.4) is 0 Å². The van der Waals surface area contributed by atoms with Gasteiger partial charge in [-0.25, -0.2) is 4.79 Å². The first-order valence-corrected chi connectivity index (χ1v) is 5.31. The normalized spacial score (nSPS) is 10.7. The van der Waals surface area contributed by atoms with E-state index in [0.29, 0.717) is 0 Å². The van der Waals surface area contributed by atoms with E-state index in [-0.39, 0.29) is 5.82 Å². The van der Waals surface area contributed by atoms with Gasteiger partial charge in [0, 0.05) is 13.1 Å². The Hall–Kier alpha value is -2.63. The summed E-state index contributed by atoms with van der Waals surface area (Å²) < 4.78 is 0.978. The van der Waals surface area contributed by atoms with Gasteiger partial charge in [-0.05, 0) is 5.56 Å². The van der Waals surface area contributed by atoms with Crippen LogP contribution in [0.4, 0.5) is 5.82 Å². The molecule has 0 amide bonds. The molecule has 0 saturated heterocycles. The standard InChI is InChI=1S/C12H12N4O2/c1-16-11(17)7-10(14-12(16)18)15-13-8-9-5-3-2-4-6-9/h2-8,15H,1H3,(H,14,18). The lowest BCUT2D eigenvalue weighted by Crippen LogP contribution is -2.32. The maximum Gasteiger partial charge on any atom is 0.329 e. The first kappa shape index (κ1) is 11.8. The molecular weight excluding hydrogens is 232 g/mol. The summed E-state index contributed by atoms with van der Waals surface area (Å²) in [6.07, 6.45) is 1.59. The molecule has 0 saturated carbocycles. The van der Waals surface area contributed by atoms with Gasteiger partial charge in [-0.3, -0.25) is 19.8 Å². The number of nitrogens with one attached hydrogen (secondary N) is 2. The number of anilines is 1. The van der Waals surface area contributed by atoms with E-state index < -0.39 is 11.2 Å². The zero-order chi connectivity index (χ0) is 13.0. The highest BCUT2D eigenvalue weighted by Gasteiger charge is 1.98. The van der Waals surface area contributed by atoms with Gasteiger partial charge in [0.2, 0.25) is 0 Å². The molecule has 0 unspecified atom stereocenters. The Bertz CT molecular complexity index is 639. The third-order valence-corrected chi connectivity index (χ3v) is 2.34. The molecule has 1 aromatic heterocycles. The van der Waals surface area contributed by atoms with E-state index in [4.69, 9.17) is 0 Å². The van der Waals surface area contributed by atoms with Crippen LogP contribution in [0.2, 0.25) is 0 Å². The Balaban J connectivity index is 2.14. The molecule has 2 N–H and O–H groups in total. The topological polar surface area (TPSA) is 79.2 Å². The minimum atomic E-state index is -0.486. The van der Waals surface area contributed by atoms with Crippen molar-refractivity contribution in [1.82, 2.24) is 9.55 Å². The molecule has 0 atom stereocenters. The predicted octanol–water partition coefficient (Wildman–Crippen LogP) is 0.520. The smallest absolute Gasteiger partial charge is 0.292 e. The molecule has 0 aliphatic rings. The largest absolute Gasteiger partial charge is 0.329 e. The van der Waals surface area contributed by atoms with Gasteiger partial charge in [0.1, 0.15) is 5.82 Å². The predicted molar refractivity (Wildman–Crippen MR) is 70.0 cm³/mol. The Morgan fingerprint density at radius 1 is 1.28 bits per heavy atom. The summed E-state index contributed by atoms with van der Waals surface area (Å²) in [5.41, 5.74) is 2.64. The fourth-order valence-corrected chi connectivity index (χ4v) is 1.33. The van der Waals surface area contributed by atoms with Crippen LogP contribution in [0.5, 0.6) is 0 Å². The van der Waals surface area contributed by atoms with Crippen LogP contribution in [0.25, 0.3) is 0 Å². The Morgan fingerprint density at radius 3 is 2.67 bits per heavy atom. The number of nitrogens with zero attached hydrogens (tertiary/aromatic N) is 2. The third kappa shape index (κ3) is 2.73. The van der Waals surface area contributed by atoms with Crippen LogP contribution in [-0.2, 0) is 7.05 Å². The fraction of sp³-hybridized carbons (Fsp3) is 0.0833. The number of hydrogen-bond donors (Lipinski definition) is 2. The second-order valence-corrected chi connectivity index (χ2v) is 3.67. The van der Waals surface area contributed by atoms with E-state index in [1.807, 2.05) is 30.3 Å². The summed E-state index contributed by atoms with van der Waals surface area (Å²) in [6.45, 7) is 0. The van der Waals surface area contributed by atoms with Crippen molar-refractivity contribution in [1.29, 1.82) is 0 Å². The Kier molecular flexibility index (Phi) is 3.38. The van der Waals surface area contributed by atoms with Crippen molar-refractivity contribution in [3.63, 3.8) is 0 Å². The number of hydrogen-bond acceptors (Lipinski definition) is 4. The number of H-pyrrole nitrogens is 1. The first-order valence-electron chi connectivity index (χ1n) is 5.31. The molecule has 0 aliphatic heterocycles. The van der Waals surface area contributed by atoms with Crippen LogP contribution < -0.4 is 16.7 Å². The molecule has 2 aromatic rings. The summed E-state index contributed by atoms with van der Waals surface area (Å²) in [4.78, 5) is 25.1. The number of aromatic amines is 1. The average Bonchev–Trinajstić information content (AvgIpc) is 2.37. The van der Waals surface area contributed by atoms with Gasteiger partial charge >= 0.3 is 5.69 Å². The molecule has 6 nitrogen and oxygen atoms in total. The summed E-state index contributed by atoms with van der Waals surface area (Å²) in [5, 5.41) is 3.93. The molecule has 0 bridgehead atoms. The number of aromatic nitrogens is 2. The summed E-state index contributed by atoms with van der Waals surface area (Å²) in [7, 11) is 1.40. The number of rotatable bonds is 3. The molecule has 2 rings (SSSR count). The third-order valence-electron chi connectivity index (χ3n) is 2.34. The van der Waals surface area contributed by atoms with E-state index >= 15 is 0 Å². The van der Waals surface area contributed by atoms with Gasteiger partial charge in [-0.2, -0.15) is 5.10 Å². The highest BCUT2D eigenvalue weighted by atomic mass is 16.2. The Morgan fingerprint density at radius 2 is 2.00 bits per heavy atom. The first-order chi connectivity index (χ1) is 8.66. The van der Waals surface area contributed by atoms with Crippen molar-refractivity contribution in [3.05, 3.63) is 62.8 Å². The second kappa shape index (κ2) is 5.13. The molecule has 1 aromatic carbocycles. The van der Waals surface area contributed by atoms with E-state index in [2.05, 4.69) is 15.5 Å². The number of hydrazone groups is 1. The molecule has 0 aliphatic carbocycles. The minimum absolute atomic E-state index is 0.260. The Labute approximate surface area is 103 Å². The van der Waals surface area contributed by atoms with Crippen molar-refractivity contribution < 1.29 is 0 Å². The van der Waals surface area contributed by atoms with Gasteiger partial charge in [0.05, 0.1) is 6.21 Å². The van der Waals surface area contributed by atoms with Crippen molar-refractivity contribution in [2.75, 3.05) is 5.43 Å². The highest BCUT2D eigenvalue weighted by Crippen LogP contribution is 1.96. The lowest BCUT2D eigenvalue weighted by molar-refractivity contribution is 0.777. The van der Waals surface area contributed by atoms with Crippen molar-refractivity contribution in [2.24, 2.45) is 12.1 Å². The molecule has 0 spiro atoms. The molecular formula is C12H12N4O2. The molecule has 18 heavy (non-hydrogen) atoms. The summed E-state index contributed by atoms with van der Waals surface area (Å²) in [6, 6.07) is 10.7. The van der Waals surface area contributed by atoms with Crippen molar-refractivity contribution in [2.45, 2.75) is 0 Å². The second-order valence-electron chi connectivity index (χ2n) is 3.67. The summed E-state index contributed by atoms with van der Waals surface area (Å²) in [5.74, 6) is 0.260. The number of benzene rings is 1. The van der Waals surface area contributed by atoms with Gasteiger partial charge < -0.3 is 0 Å². The van der Waals surface area contributed by atoms with E-state index in [0.717, 1.165) is 10.1 Å². The zero-order valence-corrected chi connectivity index (χ0v) is 9.75. The minimum Gasteiger partial charge on any atom is -0.292 e. The molecule has 1 heterocycles. The SMILES string of the molecule is Cn1c(=O)cc(NN=Cc2ccccc2)[nH]c1=O. The average molecular weight is 244 g/mol. The van der Waals surface area contributed by atoms with E-state index in [1.54, 1.807) is 6.21 Å². The molecule has 6 heteroatoms. The van der Waals surface area contributed by atoms with Gasteiger partial charge in [0.25, 0.3) is 5.56 Å². The van der Waals surface area contributed by atoms with Crippen LogP contribution in [0.1, 0.15) is 5.56 Å². The van der Waals surface area contributed by atoms with Gasteiger partial charge in [-0.15, -0.1) is 0 Å². The van der Waals surface area contributed by atoms with Crippen molar-refractivity contribution >= 4 is 12.0 Å². The monoisotopic (exact) mass is 244 g/mol. The highest BCUT2D eigenvalue weighted by molar-refractivity contribution is 5.79. The van der Waals surface area contributed by atoms with Gasteiger partial charge in [-0.1, -0.05) is 30.3 Å². The molecule has 0 radical (unpaired) electrons. The van der Waals surface area contributed by atoms with Crippen LogP contribution in [0, 0.1) is 0 Å². The van der Waals surface area contributed by atoms with Crippen LogP contribution in [0.15, 0.2) is 51.1 Å². The summed E-state index contributed by atoms with van der Waals surface area (Å²) >= 11 is 0. The molecule has 92 valence electrons. The van der Waals surface area contributed by atoms with Gasteiger partial charge in [0.15, 0.2) is 0 Å². The quantitative estimate of drug-likeness (QED) is 0.610. The molecule has 0 fully saturated rings. The van der Waals surface area contributed by atoms with E-state index in [1.165, 1.54) is 13.1 Å². The lowest BCUT2D eigenvalue weighted by atomic mass is 10.2. The van der Waals surface area contributed by atoms with E-state index in [9.17, 15) is 9.59 Å². The fourth-order valence-electron chi connectivity index (χ4n) is 1.33. The maximum absolute atomic E-state index is 11.3. The van der Waals surface area contributed by atoms with Crippen LogP contribution in [-0.4, -0.2) is 15.8 Å². The van der Waals surface area contributed by atoms with Crippen molar-refractivity contribution in [3.8, 4) is 0 Å². The zero-order valence-electron chi connectivity index (χ0n) is 9.75. The lowest BCUT2D eigenvalue weighted by Gasteiger charge is -2.00.